The van der Waals surface area contributed by atoms with E-state index < -0.39 is 0 Å². The zero-order valence-electron chi connectivity index (χ0n) is 19.4. The number of anilines is 2. The third-order valence-corrected chi connectivity index (χ3v) is 5.57. The maximum absolute atomic E-state index is 12.9. The van der Waals surface area contributed by atoms with Gasteiger partial charge in [0, 0.05) is 11.8 Å². The number of para-hydroxylation sites is 2. The molecule has 0 atom stereocenters. The molecule has 1 aliphatic heterocycles. The van der Waals surface area contributed by atoms with E-state index in [0.717, 1.165) is 0 Å². The lowest BCUT2D eigenvalue weighted by Gasteiger charge is -2.17. The summed E-state index contributed by atoms with van der Waals surface area (Å²) < 4.78 is 10.6. The zero-order chi connectivity index (χ0) is 25.1. The summed E-state index contributed by atoms with van der Waals surface area (Å²) in [6, 6.07) is 18.9. The normalized spacial score (nSPS) is 12.1. The van der Waals surface area contributed by atoms with Crippen LogP contribution in [0.4, 0.5) is 11.4 Å². The quantitative estimate of drug-likeness (QED) is 0.367. The van der Waals surface area contributed by atoms with Crippen molar-refractivity contribution in [2.45, 2.75) is 6.54 Å². The van der Waals surface area contributed by atoms with Gasteiger partial charge in [0.1, 0.15) is 5.82 Å². The van der Waals surface area contributed by atoms with E-state index in [1.807, 2.05) is 6.07 Å². The molecule has 1 aliphatic rings. The highest BCUT2D eigenvalue weighted by atomic mass is 16.7. The van der Waals surface area contributed by atoms with Gasteiger partial charge in [0.2, 0.25) is 12.7 Å². The Bertz CT molecular complexity index is 1520. The van der Waals surface area contributed by atoms with Crippen molar-refractivity contribution in [1.29, 1.82) is 0 Å². The molecule has 0 saturated heterocycles. The molecule has 0 spiro atoms. The first-order valence-corrected chi connectivity index (χ1v) is 11.2. The molecule has 5 rings (SSSR count). The predicted octanol–water partition coefficient (Wildman–Crippen LogP) is 2.97. The monoisotopic (exact) mass is 485 g/mol. The minimum absolute atomic E-state index is 0.0225. The first-order valence-electron chi connectivity index (χ1n) is 11.2. The van der Waals surface area contributed by atoms with Crippen LogP contribution in [0.3, 0.4) is 0 Å². The Balaban J connectivity index is 1.23. The molecule has 4 aromatic rings. The molecule has 0 fully saturated rings. The van der Waals surface area contributed by atoms with E-state index >= 15 is 0 Å². The molecule has 1 aromatic heterocycles. The highest BCUT2D eigenvalue weighted by Gasteiger charge is 2.18. The number of nitrogens with one attached hydrogen (secondary N) is 3. The fraction of sp³-hybridized carbons (Fsp3) is 0.154. The van der Waals surface area contributed by atoms with Crippen LogP contribution in [0.5, 0.6) is 11.5 Å². The van der Waals surface area contributed by atoms with E-state index in [-0.39, 0.29) is 37.3 Å². The van der Waals surface area contributed by atoms with Gasteiger partial charge in [-0.25, -0.2) is 4.98 Å². The second-order valence-electron chi connectivity index (χ2n) is 8.32. The van der Waals surface area contributed by atoms with Crippen molar-refractivity contribution < 1.29 is 19.1 Å². The number of likely N-dealkylation sites (N-methyl/N-ethyl adjacent to an activating group) is 1. The molecule has 3 N–H and O–H groups in total. The predicted molar refractivity (Wildman–Crippen MR) is 134 cm³/mol. The molecule has 0 aliphatic carbocycles. The molecule has 10 nitrogen and oxygen atoms in total. The smallest absolute Gasteiger partial charge is 0.258 e. The molecular formula is C26H23N5O5. The highest BCUT2D eigenvalue weighted by Crippen LogP contribution is 2.34. The van der Waals surface area contributed by atoms with E-state index in [0.29, 0.717) is 45.2 Å². The van der Waals surface area contributed by atoms with Crippen molar-refractivity contribution in [2.75, 3.05) is 31.0 Å². The summed E-state index contributed by atoms with van der Waals surface area (Å²) in [5.74, 6) is 0.935. The number of rotatable bonds is 7. The summed E-state index contributed by atoms with van der Waals surface area (Å²) in [6.45, 7) is 0.428. The minimum atomic E-state index is -0.379. The average molecular weight is 486 g/mol. The third kappa shape index (κ3) is 5.03. The number of fused-ring (bicyclic) bond motifs is 2. The second-order valence-corrected chi connectivity index (χ2v) is 8.32. The van der Waals surface area contributed by atoms with Crippen LogP contribution in [0.25, 0.3) is 10.9 Å². The van der Waals surface area contributed by atoms with Gasteiger partial charge in [-0.15, -0.1) is 0 Å². The van der Waals surface area contributed by atoms with Crippen LogP contribution in [0.2, 0.25) is 0 Å². The van der Waals surface area contributed by atoms with E-state index in [4.69, 9.17) is 9.47 Å². The summed E-state index contributed by atoms with van der Waals surface area (Å²) in [5, 5.41) is 6.13. The third-order valence-electron chi connectivity index (χ3n) is 5.57. The van der Waals surface area contributed by atoms with Gasteiger partial charge >= 0.3 is 0 Å². The lowest BCUT2D eigenvalue weighted by Crippen LogP contribution is -2.31. The fourth-order valence-corrected chi connectivity index (χ4v) is 3.92. The van der Waals surface area contributed by atoms with Gasteiger partial charge in [-0.05, 0) is 43.4 Å². The SMILES string of the molecule is CN(CC(=O)Nc1ccccc1C(=O)Nc1ccc2c(c1)OCO2)Cc1nc2ccccc2c(=O)[nH]1. The maximum Gasteiger partial charge on any atom is 0.258 e. The largest absolute Gasteiger partial charge is 0.454 e. The number of carbonyl (C=O) groups is 2. The molecule has 0 saturated carbocycles. The van der Waals surface area contributed by atoms with Crippen LogP contribution in [0, 0.1) is 0 Å². The summed E-state index contributed by atoms with van der Waals surface area (Å²) in [4.78, 5) is 46.9. The minimum Gasteiger partial charge on any atom is -0.454 e. The number of H-pyrrole nitrogens is 1. The summed E-state index contributed by atoms with van der Waals surface area (Å²) in [7, 11) is 1.74. The number of aromatic amines is 1. The standard InChI is InChI=1S/C26H23N5O5/c1-31(13-23-28-19-8-4-2-6-17(19)26(34)30-23)14-24(32)29-20-9-5-3-7-18(20)25(33)27-16-10-11-21-22(12-16)36-15-35-21/h2-12H,13-15H2,1H3,(H,27,33)(H,29,32)(H,28,30,34). The number of hydrogen-bond acceptors (Lipinski definition) is 7. The van der Waals surface area contributed by atoms with Crippen molar-refractivity contribution in [3.05, 3.63) is 88.5 Å². The van der Waals surface area contributed by atoms with Crippen LogP contribution in [-0.2, 0) is 11.3 Å². The maximum atomic E-state index is 12.9. The van der Waals surface area contributed by atoms with Crippen LogP contribution in [-0.4, -0.2) is 47.1 Å². The molecule has 0 radical (unpaired) electrons. The first-order chi connectivity index (χ1) is 17.5. The Morgan fingerprint density at radius 2 is 1.78 bits per heavy atom. The first kappa shape index (κ1) is 23.1. The van der Waals surface area contributed by atoms with Crippen LogP contribution in [0.1, 0.15) is 16.2 Å². The van der Waals surface area contributed by atoms with E-state index in [1.165, 1.54) is 0 Å². The van der Waals surface area contributed by atoms with Crippen LogP contribution in [0.15, 0.2) is 71.5 Å². The Morgan fingerprint density at radius 3 is 2.67 bits per heavy atom. The zero-order valence-corrected chi connectivity index (χ0v) is 19.4. The Kier molecular flexibility index (Phi) is 6.33. The number of benzene rings is 3. The Morgan fingerprint density at radius 1 is 1.00 bits per heavy atom. The number of aromatic nitrogens is 2. The molecule has 2 amide bonds. The molecule has 0 unspecified atom stereocenters. The van der Waals surface area contributed by atoms with Gasteiger partial charge in [-0.1, -0.05) is 24.3 Å². The number of ether oxygens (including phenoxy) is 2. The molecule has 10 heteroatoms. The van der Waals surface area contributed by atoms with Crippen molar-refractivity contribution >= 4 is 34.1 Å². The van der Waals surface area contributed by atoms with E-state index in [2.05, 4.69) is 20.6 Å². The Labute approximate surface area is 205 Å². The van der Waals surface area contributed by atoms with Gasteiger partial charge in [0.25, 0.3) is 11.5 Å². The van der Waals surface area contributed by atoms with Crippen molar-refractivity contribution in [2.24, 2.45) is 0 Å². The lowest BCUT2D eigenvalue weighted by atomic mass is 10.1. The summed E-state index contributed by atoms with van der Waals surface area (Å²) >= 11 is 0. The summed E-state index contributed by atoms with van der Waals surface area (Å²) in [5.41, 5.74) is 1.60. The fourth-order valence-electron chi connectivity index (χ4n) is 3.92. The van der Waals surface area contributed by atoms with Gasteiger partial charge in [0.05, 0.1) is 35.2 Å². The molecular weight excluding hydrogens is 462 g/mol. The van der Waals surface area contributed by atoms with Crippen molar-refractivity contribution in [1.82, 2.24) is 14.9 Å². The second kappa shape index (κ2) is 9.88. The molecule has 36 heavy (non-hydrogen) atoms. The van der Waals surface area contributed by atoms with Gasteiger partial charge in [-0.2, -0.15) is 0 Å². The Hall–Kier alpha value is -4.70. The average Bonchev–Trinajstić information content (AvgIpc) is 3.32. The molecule has 2 heterocycles. The lowest BCUT2D eigenvalue weighted by molar-refractivity contribution is -0.117. The molecule has 3 aromatic carbocycles. The van der Waals surface area contributed by atoms with Gasteiger partial charge < -0.3 is 25.1 Å². The van der Waals surface area contributed by atoms with E-state index in [1.54, 1.807) is 72.6 Å². The highest BCUT2D eigenvalue weighted by molar-refractivity contribution is 6.10. The van der Waals surface area contributed by atoms with Gasteiger partial charge in [0.15, 0.2) is 11.5 Å². The number of nitrogens with zero attached hydrogens (tertiary/aromatic N) is 2. The van der Waals surface area contributed by atoms with E-state index in [9.17, 15) is 14.4 Å². The molecule has 0 bridgehead atoms. The number of carbonyl (C=O) groups excluding carboxylic acids is 2. The van der Waals surface area contributed by atoms with Crippen LogP contribution < -0.4 is 25.7 Å². The number of amides is 2. The topological polar surface area (TPSA) is 126 Å². The van der Waals surface area contributed by atoms with Gasteiger partial charge in [-0.3, -0.25) is 19.3 Å². The molecule has 182 valence electrons. The van der Waals surface area contributed by atoms with Crippen molar-refractivity contribution in [3.8, 4) is 11.5 Å². The summed E-state index contributed by atoms with van der Waals surface area (Å²) in [6.07, 6.45) is 0. The van der Waals surface area contributed by atoms with Crippen molar-refractivity contribution in [3.63, 3.8) is 0 Å². The van der Waals surface area contributed by atoms with Crippen LogP contribution >= 0.6 is 0 Å². The number of hydrogen-bond donors (Lipinski definition) is 3.